The van der Waals surface area contributed by atoms with Crippen LogP contribution in [0.4, 0.5) is 31.0 Å². The molecule has 1 aliphatic heterocycles. The molecule has 2 amide bonds. The number of halogens is 2. The summed E-state index contributed by atoms with van der Waals surface area (Å²) in [6.45, 7) is 0.591. The summed E-state index contributed by atoms with van der Waals surface area (Å²) in [5.41, 5.74) is 1.02. The summed E-state index contributed by atoms with van der Waals surface area (Å²) in [6.07, 6.45) is 5.61. The fraction of sp³-hybridized carbons (Fsp3) is 0.217. The molecule has 186 valence electrons. The Hall–Kier alpha value is -4.13. The summed E-state index contributed by atoms with van der Waals surface area (Å²) in [5, 5.41) is 13.2. The molecule has 0 radical (unpaired) electrons. The molecule has 1 aliphatic rings. The molecule has 3 heterocycles. The maximum absolute atomic E-state index is 14.5. The number of nitrogens with one attached hydrogen (secondary N) is 2. The number of hydrogen-bond donors (Lipinski definition) is 2. The van der Waals surface area contributed by atoms with Gasteiger partial charge in [-0.2, -0.15) is 0 Å². The van der Waals surface area contributed by atoms with E-state index in [4.69, 9.17) is 0 Å². The van der Waals surface area contributed by atoms with Crippen LogP contribution >= 0.6 is 0 Å². The highest BCUT2D eigenvalue weighted by Crippen LogP contribution is 2.36. The van der Waals surface area contributed by atoms with Gasteiger partial charge in [0.1, 0.15) is 17.5 Å². The number of anilines is 3. The van der Waals surface area contributed by atoms with Gasteiger partial charge < -0.3 is 10.2 Å². The normalized spacial score (nSPS) is 15.9. The zero-order chi connectivity index (χ0) is 25.4. The van der Waals surface area contributed by atoms with Crippen molar-refractivity contribution in [1.82, 2.24) is 19.6 Å². The molecule has 2 aromatic heterocycles. The second kappa shape index (κ2) is 9.15. The average Bonchev–Trinajstić information content (AvgIpc) is 3.47. The maximum Gasteiger partial charge on any atom is 0.326 e. The molecule has 4 aromatic rings. The van der Waals surface area contributed by atoms with Crippen LogP contribution in [0.5, 0.6) is 0 Å². The zero-order valence-corrected chi connectivity index (χ0v) is 19.8. The molecule has 2 N–H and O–H groups in total. The van der Waals surface area contributed by atoms with Gasteiger partial charge in [-0.05, 0) is 55.3 Å². The number of aromatic nitrogens is 4. The summed E-state index contributed by atoms with van der Waals surface area (Å²) in [4.78, 5) is 19.0. The van der Waals surface area contributed by atoms with E-state index >= 15 is 0 Å². The van der Waals surface area contributed by atoms with E-state index < -0.39 is 33.5 Å². The minimum absolute atomic E-state index is 0.117. The molecular formula is C23H21F2N7O3S. The van der Waals surface area contributed by atoms with Crippen molar-refractivity contribution in [3.05, 3.63) is 72.1 Å². The molecule has 0 bridgehead atoms. The Labute approximate surface area is 204 Å². The molecule has 1 saturated heterocycles. The third-order valence-electron chi connectivity index (χ3n) is 5.91. The quantitative estimate of drug-likeness (QED) is 0.416. The number of sulfone groups is 1. The number of carbonyl (C=O) groups excluding carboxylic acids is 1. The SMILES string of the molecule is CS(=O)(=O)c1ccc(NC(=O)Nc2nnc3cnc(N4CCC[C@@H]4c4cc(F)ccc4F)cn23)cc1. The van der Waals surface area contributed by atoms with Crippen LogP contribution in [0.1, 0.15) is 24.4 Å². The van der Waals surface area contributed by atoms with Gasteiger partial charge in [0, 0.05) is 24.1 Å². The fourth-order valence-electron chi connectivity index (χ4n) is 4.21. The minimum Gasteiger partial charge on any atom is -0.348 e. The Balaban J connectivity index is 1.36. The first kappa shape index (κ1) is 23.6. The lowest BCUT2D eigenvalue weighted by Crippen LogP contribution is -2.25. The Kier molecular flexibility index (Phi) is 6.00. The molecule has 1 atom stereocenters. The van der Waals surface area contributed by atoms with Gasteiger partial charge in [0.25, 0.3) is 0 Å². The van der Waals surface area contributed by atoms with Crippen LogP contribution in [0, 0.1) is 11.6 Å². The van der Waals surface area contributed by atoms with Crippen LogP contribution in [-0.4, -0.2) is 46.8 Å². The zero-order valence-electron chi connectivity index (χ0n) is 19.0. The topological polar surface area (TPSA) is 122 Å². The van der Waals surface area contributed by atoms with Gasteiger partial charge in [-0.15, -0.1) is 10.2 Å². The van der Waals surface area contributed by atoms with Gasteiger partial charge in [0.15, 0.2) is 15.5 Å². The molecule has 5 rings (SSSR count). The van der Waals surface area contributed by atoms with Crippen LogP contribution in [0.15, 0.2) is 59.8 Å². The molecule has 0 spiro atoms. The van der Waals surface area contributed by atoms with E-state index in [1.807, 2.05) is 4.90 Å². The molecular weight excluding hydrogens is 492 g/mol. The molecule has 13 heteroatoms. The summed E-state index contributed by atoms with van der Waals surface area (Å²) in [7, 11) is -3.35. The summed E-state index contributed by atoms with van der Waals surface area (Å²) >= 11 is 0. The van der Waals surface area contributed by atoms with Gasteiger partial charge >= 0.3 is 6.03 Å². The van der Waals surface area contributed by atoms with E-state index in [9.17, 15) is 22.0 Å². The van der Waals surface area contributed by atoms with Gasteiger partial charge in [0.05, 0.1) is 23.3 Å². The van der Waals surface area contributed by atoms with E-state index in [2.05, 4.69) is 25.8 Å². The largest absolute Gasteiger partial charge is 0.348 e. The van der Waals surface area contributed by atoms with E-state index in [1.54, 1.807) is 6.20 Å². The fourth-order valence-corrected chi connectivity index (χ4v) is 4.84. The van der Waals surface area contributed by atoms with Gasteiger partial charge in [-0.3, -0.25) is 9.72 Å². The molecule has 36 heavy (non-hydrogen) atoms. The third kappa shape index (κ3) is 4.69. The van der Waals surface area contributed by atoms with Crippen LogP contribution in [0.2, 0.25) is 0 Å². The predicted molar refractivity (Wildman–Crippen MR) is 129 cm³/mol. The van der Waals surface area contributed by atoms with E-state index in [0.717, 1.165) is 24.8 Å². The van der Waals surface area contributed by atoms with E-state index in [1.165, 1.54) is 40.9 Å². The van der Waals surface area contributed by atoms with Gasteiger partial charge in [-0.1, -0.05) is 0 Å². The highest BCUT2D eigenvalue weighted by Gasteiger charge is 2.30. The molecule has 1 fully saturated rings. The second-order valence-electron chi connectivity index (χ2n) is 8.39. The van der Waals surface area contributed by atoms with Gasteiger partial charge in [0.2, 0.25) is 5.95 Å². The molecule has 0 saturated carbocycles. The highest BCUT2D eigenvalue weighted by molar-refractivity contribution is 7.90. The Bertz CT molecular complexity index is 1560. The number of urea groups is 1. The maximum atomic E-state index is 14.5. The number of nitrogens with zero attached hydrogens (tertiary/aromatic N) is 5. The lowest BCUT2D eigenvalue weighted by Gasteiger charge is -2.26. The predicted octanol–water partition coefficient (Wildman–Crippen LogP) is 3.79. The number of hydrogen-bond acceptors (Lipinski definition) is 7. The number of benzene rings is 2. The summed E-state index contributed by atoms with van der Waals surface area (Å²) < 4.78 is 53.0. The van der Waals surface area contributed by atoms with Crippen molar-refractivity contribution in [2.24, 2.45) is 0 Å². The number of amides is 2. The van der Waals surface area contributed by atoms with Gasteiger partial charge in [-0.25, -0.2) is 27.0 Å². The van der Waals surface area contributed by atoms with Crippen molar-refractivity contribution >= 4 is 39.0 Å². The molecule has 10 nitrogen and oxygen atoms in total. The lowest BCUT2D eigenvalue weighted by molar-refractivity contribution is 0.262. The second-order valence-corrected chi connectivity index (χ2v) is 10.4. The smallest absolute Gasteiger partial charge is 0.326 e. The summed E-state index contributed by atoms with van der Waals surface area (Å²) in [6, 6.07) is 8.13. The average molecular weight is 514 g/mol. The van der Waals surface area contributed by atoms with Crippen molar-refractivity contribution in [3.8, 4) is 0 Å². The van der Waals surface area contributed by atoms with Crippen LogP contribution in [0.25, 0.3) is 5.65 Å². The monoisotopic (exact) mass is 513 g/mol. The Morgan fingerprint density at radius 1 is 1.08 bits per heavy atom. The molecule has 2 aromatic carbocycles. The first-order chi connectivity index (χ1) is 17.2. The number of rotatable bonds is 5. The van der Waals surface area contributed by atoms with Crippen LogP contribution < -0.4 is 15.5 Å². The van der Waals surface area contributed by atoms with E-state index in [-0.39, 0.29) is 16.4 Å². The Morgan fingerprint density at radius 2 is 1.86 bits per heavy atom. The third-order valence-corrected chi connectivity index (χ3v) is 7.04. The lowest BCUT2D eigenvalue weighted by atomic mass is 10.0. The molecule has 0 unspecified atom stereocenters. The first-order valence-electron chi connectivity index (χ1n) is 11.0. The van der Waals surface area contributed by atoms with Crippen LogP contribution in [0.3, 0.4) is 0 Å². The van der Waals surface area contributed by atoms with Crippen molar-refractivity contribution in [2.45, 2.75) is 23.8 Å². The van der Waals surface area contributed by atoms with Crippen molar-refractivity contribution < 1.29 is 22.0 Å². The highest BCUT2D eigenvalue weighted by atomic mass is 32.2. The standard InChI is InChI=1S/C23H21F2N7O3S/c1-36(34,35)16-7-5-15(6-8-16)27-23(33)28-22-30-29-20-12-26-21(13-32(20)22)31-10-2-3-19(31)17-11-14(24)4-9-18(17)25/h4-9,11-13,19H,2-3,10H2,1H3,(H2,27,28,30,33)/t19-/m1/s1. The first-order valence-corrected chi connectivity index (χ1v) is 12.9. The van der Waals surface area contributed by atoms with Crippen molar-refractivity contribution in [3.63, 3.8) is 0 Å². The number of fused-ring (bicyclic) bond motifs is 1. The Morgan fingerprint density at radius 3 is 2.61 bits per heavy atom. The van der Waals surface area contributed by atoms with Crippen molar-refractivity contribution in [2.75, 3.05) is 28.3 Å². The molecule has 0 aliphatic carbocycles. The summed E-state index contributed by atoms with van der Waals surface area (Å²) in [5.74, 6) is -0.383. The minimum atomic E-state index is -3.35. The van der Waals surface area contributed by atoms with Crippen molar-refractivity contribution in [1.29, 1.82) is 0 Å². The number of carbonyl (C=O) groups is 1. The van der Waals surface area contributed by atoms with Crippen LogP contribution in [-0.2, 0) is 9.84 Å². The van der Waals surface area contributed by atoms with E-state index in [0.29, 0.717) is 30.1 Å².